The molecule has 2 atom stereocenters. The number of nitrogens with one attached hydrogen (secondary N) is 1. The minimum Gasteiger partial charge on any atom is -0.368 e. The number of benzene rings is 1. The summed E-state index contributed by atoms with van der Waals surface area (Å²) in [4.78, 5) is 27.2. The van der Waals surface area contributed by atoms with E-state index >= 15 is 0 Å². The van der Waals surface area contributed by atoms with Gasteiger partial charge in [-0.15, -0.1) is 0 Å². The number of ether oxygens (including phenoxy) is 1. The molecule has 2 heterocycles. The lowest BCUT2D eigenvalue weighted by atomic mass is 9.99. The summed E-state index contributed by atoms with van der Waals surface area (Å²) in [5.41, 5.74) is 2.01. The Hall–Kier alpha value is -2.39. The van der Waals surface area contributed by atoms with Crippen LogP contribution in [-0.4, -0.2) is 42.0 Å². The molecule has 132 valence electrons. The first-order valence-corrected chi connectivity index (χ1v) is 8.84. The molecule has 1 aromatic rings. The van der Waals surface area contributed by atoms with Crippen molar-refractivity contribution in [2.45, 2.75) is 51.2 Å². The number of hydrogen-bond donors (Lipinski definition) is 1. The zero-order valence-electron chi connectivity index (χ0n) is 14.5. The Bertz CT molecular complexity index is 704. The summed E-state index contributed by atoms with van der Waals surface area (Å²) in [5.74, 6) is -0.260. The van der Waals surface area contributed by atoms with Crippen molar-refractivity contribution in [3.63, 3.8) is 0 Å². The fourth-order valence-corrected chi connectivity index (χ4v) is 3.47. The molecular weight excluding hydrogens is 318 g/mol. The molecule has 0 aliphatic carbocycles. The first-order valence-electron chi connectivity index (χ1n) is 8.84. The molecule has 25 heavy (non-hydrogen) atoms. The maximum atomic E-state index is 12.8. The van der Waals surface area contributed by atoms with Gasteiger partial charge in [-0.3, -0.25) is 9.59 Å². The van der Waals surface area contributed by atoms with E-state index < -0.39 is 12.1 Å². The van der Waals surface area contributed by atoms with Crippen molar-refractivity contribution < 1.29 is 14.3 Å². The molecule has 0 aromatic heterocycles. The molecule has 1 N–H and O–H groups in total. The van der Waals surface area contributed by atoms with Gasteiger partial charge in [-0.2, -0.15) is 5.26 Å². The van der Waals surface area contributed by atoms with Crippen LogP contribution in [0.2, 0.25) is 0 Å². The summed E-state index contributed by atoms with van der Waals surface area (Å²) in [5, 5.41) is 11.9. The van der Waals surface area contributed by atoms with E-state index in [-0.39, 0.29) is 11.8 Å². The van der Waals surface area contributed by atoms with E-state index in [1.54, 1.807) is 17.0 Å². The van der Waals surface area contributed by atoms with Gasteiger partial charge < -0.3 is 15.0 Å². The van der Waals surface area contributed by atoms with Crippen LogP contribution in [0.25, 0.3) is 0 Å². The Labute approximate surface area is 147 Å². The number of piperidine rings is 1. The number of carbonyl (C=O) groups excluding carboxylic acids is 2. The van der Waals surface area contributed by atoms with Gasteiger partial charge in [-0.25, -0.2) is 0 Å². The highest BCUT2D eigenvalue weighted by Gasteiger charge is 2.37. The van der Waals surface area contributed by atoms with Gasteiger partial charge in [0.25, 0.3) is 5.91 Å². The second-order valence-electron chi connectivity index (χ2n) is 6.68. The second kappa shape index (κ2) is 7.66. The predicted molar refractivity (Wildman–Crippen MR) is 92.8 cm³/mol. The van der Waals surface area contributed by atoms with Crippen LogP contribution in [0, 0.1) is 18.3 Å². The molecule has 0 spiro atoms. The van der Waals surface area contributed by atoms with E-state index in [4.69, 9.17) is 10.00 Å². The SMILES string of the molecule is Cc1ccc(C#N)cc1NC(=O)[C@@H]1CCCCN1C(=O)[C@@H]1CCCO1. The maximum absolute atomic E-state index is 12.8. The Morgan fingerprint density at radius 2 is 2.12 bits per heavy atom. The minimum absolute atomic E-state index is 0.0696. The monoisotopic (exact) mass is 341 g/mol. The molecule has 0 radical (unpaired) electrons. The maximum Gasteiger partial charge on any atom is 0.252 e. The number of amides is 2. The second-order valence-corrected chi connectivity index (χ2v) is 6.68. The van der Waals surface area contributed by atoms with Crippen LogP contribution in [0.3, 0.4) is 0 Å². The molecule has 6 heteroatoms. The smallest absolute Gasteiger partial charge is 0.252 e. The van der Waals surface area contributed by atoms with Gasteiger partial charge in [0.1, 0.15) is 12.1 Å². The van der Waals surface area contributed by atoms with Crippen LogP contribution >= 0.6 is 0 Å². The summed E-state index contributed by atoms with van der Waals surface area (Å²) >= 11 is 0. The lowest BCUT2D eigenvalue weighted by Crippen LogP contribution is -2.53. The van der Waals surface area contributed by atoms with Crippen LogP contribution < -0.4 is 5.32 Å². The van der Waals surface area contributed by atoms with Crippen molar-refractivity contribution >= 4 is 17.5 Å². The summed E-state index contributed by atoms with van der Waals surface area (Å²) < 4.78 is 5.50. The highest BCUT2D eigenvalue weighted by Crippen LogP contribution is 2.24. The number of rotatable bonds is 3. The molecule has 2 saturated heterocycles. The van der Waals surface area contributed by atoms with E-state index in [0.717, 1.165) is 31.2 Å². The highest BCUT2D eigenvalue weighted by atomic mass is 16.5. The van der Waals surface area contributed by atoms with Crippen molar-refractivity contribution in [1.82, 2.24) is 4.90 Å². The fraction of sp³-hybridized carbons (Fsp3) is 0.526. The number of aryl methyl sites for hydroxylation is 1. The van der Waals surface area contributed by atoms with Crippen molar-refractivity contribution in [2.75, 3.05) is 18.5 Å². The average molecular weight is 341 g/mol. The van der Waals surface area contributed by atoms with E-state index in [2.05, 4.69) is 11.4 Å². The number of likely N-dealkylation sites (tertiary alicyclic amines) is 1. The Morgan fingerprint density at radius 1 is 1.28 bits per heavy atom. The lowest BCUT2D eigenvalue weighted by molar-refractivity contribution is -0.148. The van der Waals surface area contributed by atoms with Gasteiger partial charge in [0, 0.05) is 18.8 Å². The first kappa shape index (κ1) is 17.4. The van der Waals surface area contributed by atoms with Gasteiger partial charge in [-0.1, -0.05) is 6.07 Å². The van der Waals surface area contributed by atoms with E-state index in [9.17, 15) is 9.59 Å². The Morgan fingerprint density at radius 3 is 2.84 bits per heavy atom. The zero-order chi connectivity index (χ0) is 17.8. The summed E-state index contributed by atoms with van der Waals surface area (Å²) in [6, 6.07) is 6.80. The van der Waals surface area contributed by atoms with Crippen molar-refractivity contribution in [3.8, 4) is 6.07 Å². The molecule has 0 saturated carbocycles. The van der Waals surface area contributed by atoms with Gasteiger partial charge in [0.15, 0.2) is 0 Å². The zero-order valence-corrected chi connectivity index (χ0v) is 14.5. The topological polar surface area (TPSA) is 82.4 Å². The van der Waals surface area contributed by atoms with Crippen LogP contribution in [-0.2, 0) is 14.3 Å². The summed E-state index contributed by atoms with van der Waals surface area (Å²) in [7, 11) is 0. The van der Waals surface area contributed by atoms with Crippen LogP contribution in [0.15, 0.2) is 18.2 Å². The van der Waals surface area contributed by atoms with Crippen LogP contribution in [0.4, 0.5) is 5.69 Å². The van der Waals surface area contributed by atoms with Gasteiger partial charge in [0.05, 0.1) is 11.6 Å². The normalized spacial score (nSPS) is 23.1. The molecule has 1 aromatic carbocycles. The van der Waals surface area contributed by atoms with Crippen LogP contribution in [0.5, 0.6) is 0 Å². The van der Waals surface area contributed by atoms with Gasteiger partial charge in [0.2, 0.25) is 5.91 Å². The molecular formula is C19H23N3O3. The molecule has 2 aliphatic rings. The number of nitriles is 1. The van der Waals surface area contributed by atoms with Crippen LogP contribution in [0.1, 0.15) is 43.2 Å². The van der Waals surface area contributed by atoms with Crippen molar-refractivity contribution in [1.29, 1.82) is 5.26 Å². The third-order valence-corrected chi connectivity index (χ3v) is 4.92. The molecule has 2 amide bonds. The quantitative estimate of drug-likeness (QED) is 0.915. The van der Waals surface area contributed by atoms with Crippen molar-refractivity contribution in [3.05, 3.63) is 29.3 Å². The van der Waals surface area contributed by atoms with Gasteiger partial charge in [-0.05, 0) is 56.7 Å². The summed E-state index contributed by atoms with van der Waals surface area (Å²) in [6.07, 6.45) is 3.70. The standard InChI is InChI=1S/C19H23N3O3/c1-13-7-8-14(12-20)11-15(13)21-18(23)16-5-2-3-9-22(16)19(24)17-6-4-10-25-17/h7-8,11,16-17H,2-6,9-10H2,1H3,(H,21,23)/t16-,17-/m0/s1. The largest absolute Gasteiger partial charge is 0.368 e. The predicted octanol–water partition coefficient (Wildman–Crippen LogP) is 2.37. The number of anilines is 1. The Kier molecular flexibility index (Phi) is 5.34. The molecule has 2 fully saturated rings. The molecule has 3 rings (SSSR count). The average Bonchev–Trinajstić information content (AvgIpc) is 3.17. The molecule has 6 nitrogen and oxygen atoms in total. The van der Waals surface area contributed by atoms with E-state index in [1.165, 1.54) is 0 Å². The Balaban J connectivity index is 1.75. The number of nitrogens with zero attached hydrogens (tertiary/aromatic N) is 2. The van der Waals surface area contributed by atoms with E-state index in [0.29, 0.717) is 30.8 Å². The minimum atomic E-state index is -0.476. The van der Waals surface area contributed by atoms with Gasteiger partial charge >= 0.3 is 0 Å². The fourth-order valence-electron chi connectivity index (χ4n) is 3.47. The third-order valence-electron chi connectivity index (χ3n) is 4.92. The molecule has 0 bridgehead atoms. The third kappa shape index (κ3) is 3.83. The number of hydrogen-bond acceptors (Lipinski definition) is 4. The molecule has 0 unspecified atom stereocenters. The molecule has 2 aliphatic heterocycles. The lowest BCUT2D eigenvalue weighted by Gasteiger charge is -2.36. The van der Waals surface area contributed by atoms with E-state index in [1.807, 2.05) is 13.0 Å². The summed E-state index contributed by atoms with van der Waals surface area (Å²) in [6.45, 7) is 3.09. The highest BCUT2D eigenvalue weighted by molar-refractivity contribution is 5.98. The number of carbonyl (C=O) groups is 2. The first-order chi connectivity index (χ1) is 12.1. The van der Waals surface area contributed by atoms with Crippen molar-refractivity contribution in [2.24, 2.45) is 0 Å².